The van der Waals surface area contributed by atoms with Crippen LogP contribution in [0.3, 0.4) is 0 Å². The summed E-state index contributed by atoms with van der Waals surface area (Å²) in [5, 5.41) is 0. The van der Waals surface area contributed by atoms with Gasteiger partial charge in [0.05, 0.1) is 12.0 Å². The van der Waals surface area contributed by atoms with E-state index in [1.165, 1.54) is 23.5 Å². The summed E-state index contributed by atoms with van der Waals surface area (Å²) in [6, 6.07) is 3.77. The molecular formula is C15H25ClN2O5S2. The largest absolute Gasteiger partial charge is 0.495 e. The average molecular weight is 413 g/mol. The molecule has 144 valence electrons. The quantitative estimate of drug-likeness (QED) is 0.797. The van der Waals surface area contributed by atoms with Crippen molar-refractivity contribution >= 4 is 32.3 Å². The lowest BCUT2D eigenvalue weighted by molar-refractivity contribution is 0.155. The molecule has 0 radical (unpaired) electrons. The summed E-state index contributed by atoms with van der Waals surface area (Å²) in [6.45, 7) is 4.40. The second-order valence-electron chi connectivity index (χ2n) is 6.81. The normalized spacial score (nSPS) is 21.4. The highest BCUT2D eigenvalue weighted by Crippen LogP contribution is 2.34. The zero-order chi connectivity index (χ0) is 18.3. The second kappa shape index (κ2) is 7.40. The highest BCUT2D eigenvalue weighted by atomic mass is 35.5. The molecule has 1 atom stereocenters. The molecule has 1 aromatic rings. The number of sulfonamides is 1. The van der Waals surface area contributed by atoms with Crippen LogP contribution in [0, 0.1) is 5.41 Å². The van der Waals surface area contributed by atoms with Gasteiger partial charge in [-0.05, 0) is 30.0 Å². The molecule has 25 heavy (non-hydrogen) atoms. The van der Waals surface area contributed by atoms with Gasteiger partial charge in [-0.3, -0.25) is 0 Å². The molecule has 0 aromatic heterocycles. The van der Waals surface area contributed by atoms with Gasteiger partial charge in [-0.15, -0.1) is 12.4 Å². The van der Waals surface area contributed by atoms with E-state index in [1.54, 1.807) is 0 Å². The fourth-order valence-electron chi connectivity index (χ4n) is 2.76. The Hall–Kier alpha value is -0.870. The third-order valence-corrected chi connectivity index (χ3v) is 7.43. The van der Waals surface area contributed by atoms with Crippen LogP contribution < -0.4 is 10.5 Å². The van der Waals surface area contributed by atoms with Crippen LogP contribution in [-0.4, -0.2) is 53.6 Å². The van der Waals surface area contributed by atoms with Gasteiger partial charge in [0, 0.05) is 25.4 Å². The van der Waals surface area contributed by atoms with Crippen LogP contribution in [0.25, 0.3) is 0 Å². The van der Waals surface area contributed by atoms with Crippen molar-refractivity contribution < 1.29 is 21.6 Å². The highest BCUT2D eigenvalue weighted by Gasteiger charge is 2.40. The summed E-state index contributed by atoms with van der Waals surface area (Å²) < 4.78 is 56.1. The molecule has 7 nitrogen and oxygen atoms in total. The molecule has 1 heterocycles. The van der Waals surface area contributed by atoms with Crippen molar-refractivity contribution in [3.05, 3.63) is 18.2 Å². The van der Waals surface area contributed by atoms with Gasteiger partial charge >= 0.3 is 0 Å². The monoisotopic (exact) mass is 412 g/mol. The third kappa shape index (κ3) is 4.46. The molecule has 10 heteroatoms. The van der Waals surface area contributed by atoms with Crippen molar-refractivity contribution in [2.45, 2.75) is 36.1 Å². The summed E-state index contributed by atoms with van der Waals surface area (Å²) in [7, 11) is -6.07. The standard InChI is InChI=1S/C15H24N2O5S2.ClH/c1-15(2)10-17(8-7-14(15)16)24(20,21)13-9-11(23(4,18)19)5-6-12(13)22-3;/h5-6,9,14H,7-8,10,16H2,1-4H3;1H. The Kier molecular flexibility index (Phi) is 6.56. The summed E-state index contributed by atoms with van der Waals surface area (Å²) in [6.07, 6.45) is 1.58. The molecule has 2 rings (SSSR count). The molecular weight excluding hydrogens is 388 g/mol. The van der Waals surface area contributed by atoms with Gasteiger partial charge in [0.1, 0.15) is 10.6 Å². The molecule has 1 aromatic carbocycles. The van der Waals surface area contributed by atoms with Crippen LogP contribution in [0.2, 0.25) is 0 Å². The Morgan fingerprint density at radius 1 is 1.24 bits per heavy atom. The summed E-state index contributed by atoms with van der Waals surface area (Å²) in [5.74, 6) is 0.120. The van der Waals surface area contributed by atoms with Gasteiger partial charge in [-0.1, -0.05) is 13.8 Å². The minimum atomic E-state index is -3.89. The topological polar surface area (TPSA) is 107 Å². The molecule has 1 saturated heterocycles. The zero-order valence-corrected chi connectivity index (χ0v) is 17.2. The molecule has 1 fully saturated rings. The maximum absolute atomic E-state index is 13.1. The van der Waals surface area contributed by atoms with Crippen LogP contribution in [0.1, 0.15) is 20.3 Å². The number of nitrogens with zero attached hydrogens (tertiary/aromatic N) is 1. The van der Waals surface area contributed by atoms with E-state index in [0.717, 1.165) is 12.3 Å². The lowest BCUT2D eigenvalue weighted by Gasteiger charge is -2.41. The molecule has 2 N–H and O–H groups in total. The van der Waals surface area contributed by atoms with Crippen molar-refractivity contribution in [3.8, 4) is 5.75 Å². The number of methoxy groups -OCH3 is 1. The van der Waals surface area contributed by atoms with Gasteiger partial charge < -0.3 is 10.5 Å². The Morgan fingerprint density at radius 2 is 1.84 bits per heavy atom. The lowest BCUT2D eigenvalue weighted by Crippen LogP contribution is -2.53. The number of nitrogens with two attached hydrogens (primary N) is 1. The predicted octanol–water partition coefficient (Wildman–Crippen LogP) is 1.27. The maximum atomic E-state index is 13.1. The van der Waals surface area contributed by atoms with Crippen LogP contribution in [0.15, 0.2) is 28.0 Å². The van der Waals surface area contributed by atoms with E-state index in [9.17, 15) is 16.8 Å². The first-order valence-electron chi connectivity index (χ1n) is 7.53. The van der Waals surface area contributed by atoms with E-state index < -0.39 is 19.9 Å². The zero-order valence-electron chi connectivity index (χ0n) is 14.7. The maximum Gasteiger partial charge on any atom is 0.246 e. The number of ether oxygens (including phenoxy) is 1. The number of sulfone groups is 1. The molecule has 0 aliphatic carbocycles. The van der Waals surface area contributed by atoms with Crippen molar-refractivity contribution in [1.82, 2.24) is 4.31 Å². The minimum absolute atomic E-state index is 0. The summed E-state index contributed by atoms with van der Waals surface area (Å²) in [5.41, 5.74) is 5.70. The summed E-state index contributed by atoms with van der Waals surface area (Å²) >= 11 is 0. The van der Waals surface area contributed by atoms with Crippen molar-refractivity contribution in [2.75, 3.05) is 26.5 Å². The van der Waals surface area contributed by atoms with Crippen LogP contribution in [0.4, 0.5) is 0 Å². The van der Waals surface area contributed by atoms with E-state index >= 15 is 0 Å². The first kappa shape index (κ1) is 22.2. The first-order valence-corrected chi connectivity index (χ1v) is 10.9. The van der Waals surface area contributed by atoms with E-state index in [-0.39, 0.29) is 45.9 Å². The molecule has 1 aliphatic heterocycles. The highest BCUT2D eigenvalue weighted by molar-refractivity contribution is 7.91. The van der Waals surface area contributed by atoms with E-state index in [0.29, 0.717) is 13.0 Å². The number of hydrogen-bond donors (Lipinski definition) is 1. The van der Waals surface area contributed by atoms with Crippen molar-refractivity contribution in [2.24, 2.45) is 11.1 Å². The van der Waals surface area contributed by atoms with E-state index in [1.807, 2.05) is 13.8 Å². The third-order valence-electron chi connectivity index (χ3n) is 4.46. The van der Waals surface area contributed by atoms with Gasteiger partial charge in [0.2, 0.25) is 10.0 Å². The van der Waals surface area contributed by atoms with Gasteiger partial charge in [-0.25, -0.2) is 16.8 Å². The Labute approximate surface area is 155 Å². The SMILES string of the molecule is COc1ccc(S(C)(=O)=O)cc1S(=O)(=O)N1CCC(N)C(C)(C)C1.Cl. The molecule has 1 aliphatic rings. The van der Waals surface area contributed by atoms with Crippen molar-refractivity contribution in [3.63, 3.8) is 0 Å². The van der Waals surface area contributed by atoms with Crippen molar-refractivity contribution in [1.29, 1.82) is 0 Å². The number of piperidine rings is 1. The Balaban J connectivity index is 0.00000312. The molecule has 1 unspecified atom stereocenters. The van der Waals surface area contributed by atoms with E-state index in [4.69, 9.17) is 10.5 Å². The predicted molar refractivity (Wildman–Crippen MR) is 98.5 cm³/mol. The Morgan fingerprint density at radius 3 is 2.32 bits per heavy atom. The average Bonchev–Trinajstić information content (AvgIpc) is 2.48. The number of halogens is 1. The summed E-state index contributed by atoms with van der Waals surface area (Å²) in [4.78, 5) is -0.200. The number of rotatable bonds is 4. The minimum Gasteiger partial charge on any atom is -0.495 e. The van der Waals surface area contributed by atoms with Gasteiger partial charge in [0.25, 0.3) is 0 Å². The van der Waals surface area contributed by atoms with Gasteiger partial charge in [0.15, 0.2) is 9.84 Å². The molecule has 0 bridgehead atoms. The molecule has 0 spiro atoms. The molecule has 0 saturated carbocycles. The molecule has 0 amide bonds. The van der Waals surface area contributed by atoms with Crippen LogP contribution >= 0.6 is 12.4 Å². The number of hydrogen-bond acceptors (Lipinski definition) is 6. The second-order valence-corrected chi connectivity index (χ2v) is 10.7. The lowest BCUT2D eigenvalue weighted by atomic mass is 9.81. The smallest absolute Gasteiger partial charge is 0.246 e. The fourth-order valence-corrected chi connectivity index (χ4v) is 5.29. The fraction of sp³-hybridized carbons (Fsp3) is 0.600. The first-order chi connectivity index (χ1) is 10.9. The van der Waals surface area contributed by atoms with Crippen LogP contribution in [0.5, 0.6) is 5.75 Å². The Bertz CT molecular complexity index is 837. The van der Waals surface area contributed by atoms with Crippen LogP contribution in [-0.2, 0) is 19.9 Å². The number of benzene rings is 1. The van der Waals surface area contributed by atoms with Gasteiger partial charge in [-0.2, -0.15) is 4.31 Å². The van der Waals surface area contributed by atoms with E-state index in [2.05, 4.69) is 0 Å².